The van der Waals surface area contributed by atoms with E-state index in [0.717, 1.165) is 18.1 Å². The second-order valence-corrected chi connectivity index (χ2v) is 6.88. The van der Waals surface area contributed by atoms with Crippen LogP contribution in [0.15, 0.2) is 41.4 Å². The number of methoxy groups -OCH3 is 2. The van der Waals surface area contributed by atoms with Gasteiger partial charge < -0.3 is 24.8 Å². The van der Waals surface area contributed by atoms with Gasteiger partial charge in [0, 0.05) is 20.1 Å². The summed E-state index contributed by atoms with van der Waals surface area (Å²) < 4.78 is 16.6. The average molecular weight is 527 g/mol. The van der Waals surface area contributed by atoms with E-state index in [4.69, 9.17) is 14.2 Å². The van der Waals surface area contributed by atoms with Crippen molar-refractivity contribution < 1.29 is 14.2 Å². The van der Waals surface area contributed by atoms with Crippen LogP contribution in [0.2, 0.25) is 0 Å². The predicted octanol–water partition coefficient (Wildman–Crippen LogP) is 4.50. The van der Waals surface area contributed by atoms with Gasteiger partial charge in [-0.1, -0.05) is 36.8 Å². The fraction of sp³-hybridized carbons (Fsp3) is 0.435. The van der Waals surface area contributed by atoms with Crippen molar-refractivity contribution in [3.8, 4) is 17.2 Å². The predicted molar refractivity (Wildman–Crippen MR) is 134 cm³/mol. The van der Waals surface area contributed by atoms with Crippen molar-refractivity contribution in [3.63, 3.8) is 0 Å². The van der Waals surface area contributed by atoms with Gasteiger partial charge >= 0.3 is 0 Å². The van der Waals surface area contributed by atoms with Crippen LogP contribution in [-0.4, -0.2) is 40.4 Å². The number of hydrogen-bond donors (Lipinski definition) is 2. The van der Waals surface area contributed by atoms with Crippen molar-refractivity contribution in [2.45, 2.75) is 33.2 Å². The molecule has 0 heterocycles. The van der Waals surface area contributed by atoms with Gasteiger partial charge in [-0.25, -0.2) is 0 Å². The van der Waals surface area contributed by atoms with Gasteiger partial charge in [-0.2, -0.15) is 0 Å². The van der Waals surface area contributed by atoms with Crippen LogP contribution in [0, 0.1) is 6.92 Å². The molecule has 0 aliphatic rings. The molecule has 2 N–H and O–H groups in total. The van der Waals surface area contributed by atoms with Crippen molar-refractivity contribution in [1.29, 1.82) is 0 Å². The standard InChI is InChI=1S/C23H33N3O3.HI/c1-7-29-22-20(27-5)12-18(13-21(22)28-6)15-26-23(24-4)25-14-17(3)19-10-8-16(2)9-11-19;/h8-13,17H,7,14-15H2,1-6H3,(H2,24,25,26);1H. The monoisotopic (exact) mass is 527 g/mol. The Balaban J connectivity index is 0.00000450. The van der Waals surface area contributed by atoms with E-state index in [0.29, 0.717) is 36.3 Å². The summed E-state index contributed by atoms with van der Waals surface area (Å²) in [5.41, 5.74) is 3.59. The third-order valence-corrected chi connectivity index (χ3v) is 4.71. The summed E-state index contributed by atoms with van der Waals surface area (Å²) in [7, 11) is 5.02. The maximum Gasteiger partial charge on any atom is 0.203 e. The number of benzene rings is 2. The first-order valence-corrected chi connectivity index (χ1v) is 9.91. The van der Waals surface area contributed by atoms with E-state index in [1.807, 2.05) is 19.1 Å². The Morgan fingerprint density at radius 1 is 1.03 bits per heavy atom. The zero-order chi connectivity index (χ0) is 21.2. The normalized spacial score (nSPS) is 11.9. The molecule has 2 aromatic carbocycles. The number of nitrogens with one attached hydrogen (secondary N) is 2. The van der Waals surface area contributed by atoms with E-state index < -0.39 is 0 Å². The first-order valence-electron chi connectivity index (χ1n) is 9.91. The number of nitrogens with zero attached hydrogens (tertiary/aromatic N) is 1. The highest BCUT2D eigenvalue weighted by molar-refractivity contribution is 14.0. The minimum Gasteiger partial charge on any atom is -0.493 e. The van der Waals surface area contributed by atoms with Gasteiger partial charge in [0.15, 0.2) is 17.5 Å². The molecule has 6 nitrogen and oxygen atoms in total. The number of rotatable bonds is 9. The first-order chi connectivity index (χ1) is 14.0. The summed E-state index contributed by atoms with van der Waals surface area (Å²) in [4.78, 5) is 4.32. The van der Waals surface area contributed by atoms with Crippen molar-refractivity contribution in [2.24, 2.45) is 4.99 Å². The van der Waals surface area contributed by atoms with E-state index in [-0.39, 0.29) is 24.0 Å². The highest BCUT2D eigenvalue weighted by Crippen LogP contribution is 2.38. The van der Waals surface area contributed by atoms with Crippen LogP contribution in [0.4, 0.5) is 0 Å². The van der Waals surface area contributed by atoms with Crippen molar-refractivity contribution in [1.82, 2.24) is 10.6 Å². The van der Waals surface area contributed by atoms with Crippen LogP contribution < -0.4 is 24.8 Å². The van der Waals surface area contributed by atoms with E-state index in [1.165, 1.54) is 11.1 Å². The Morgan fingerprint density at radius 3 is 2.13 bits per heavy atom. The Labute approximate surface area is 197 Å². The Morgan fingerprint density at radius 2 is 1.63 bits per heavy atom. The topological polar surface area (TPSA) is 64.1 Å². The molecular weight excluding hydrogens is 493 g/mol. The molecule has 2 aromatic rings. The largest absolute Gasteiger partial charge is 0.493 e. The minimum atomic E-state index is 0. The molecule has 30 heavy (non-hydrogen) atoms. The molecule has 2 rings (SSSR count). The highest BCUT2D eigenvalue weighted by Gasteiger charge is 2.14. The molecule has 0 amide bonds. The lowest BCUT2D eigenvalue weighted by Crippen LogP contribution is -2.38. The van der Waals surface area contributed by atoms with Crippen molar-refractivity contribution >= 4 is 29.9 Å². The van der Waals surface area contributed by atoms with Gasteiger partial charge in [0.05, 0.1) is 20.8 Å². The Bertz CT molecular complexity index is 785. The number of aryl methyl sites for hydroxylation is 1. The number of hydrogen-bond acceptors (Lipinski definition) is 4. The van der Waals surface area contributed by atoms with Crippen LogP contribution in [0.5, 0.6) is 17.2 Å². The van der Waals surface area contributed by atoms with Gasteiger partial charge in [0.2, 0.25) is 5.75 Å². The molecule has 0 bridgehead atoms. The van der Waals surface area contributed by atoms with E-state index in [2.05, 4.69) is 53.7 Å². The summed E-state index contributed by atoms with van der Waals surface area (Å²) in [6.45, 7) is 8.15. The fourth-order valence-electron chi connectivity index (χ4n) is 2.99. The molecule has 1 unspecified atom stereocenters. The number of guanidine groups is 1. The summed E-state index contributed by atoms with van der Waals surface area (Å²) in [5.74, 6) is 3.05. The quantitative estimate of drug-likeness (QED) is 0.286. The van der Waals surface area contributed by atoms with Crippen LogP contribution in [0.3, 0.4) is 0 Å². The molecule has 0 spiro atoms. The zero-order valence-corrected chi connectivity index (χ0v) is 21.1. The summed E-state index contributed by atoms with van der Waals surface area (Å²) in [6.07, 6.45) is 0. The highest BCUT2D eigenvalue weighted by atomic mass is 127. The van der Waals surface area contributed by atoms with Gasteiger partial charge in [-0.3, -0.25) is 4.99 Å². The molecule has 0 saturated heterocycles. The molecular formula is C23H34IN3O3. The SMILES string of the molecule is CCOc1c(OC)cc(CNC(=NC)NCC(C)c2ccc(C)cc2)cc1OC.I. The number of ether oxygens (including phenoxy) is 3. The lowest BCUT2D eigenvalue weighted by Gasteiger charge is -2.18. The maximum atomic E-state index is 5.66. The smallest absolute Gasteiger partial charge is 0.203 e. The zero-order valence-electron chi connectivity index (χ0n) is 18.7. The van der Waals surface area contributed by atoms with Crippen LogP contribution in [0.1, 0.15) is 36.5 Å². The van der Waals surface area contributed by atoms with Gasteiger partial charge in [0.25, 0.3) is 0 Å². The second-order valence-electron chi connectivity index (χ2n) is 6.88. The number of halogens is 1. The first kappa shape index (κ1) is 25.9. The van der Waals surface area contributed by atoms with E-state index in [1.54, 1.807) is 21.3 Å². The fourth-order valence-corrected chi connectivity index (χ4v) is 2.99. The third-order valence-electron chi connectivity index (χ3n) is 4.71. The molecule has 0 aliphatic carbocycles. The molecule has 0 fully saturated rings. The summed E-state index contributed by atoms with van der Waals surface area (Å²) in [6, 6.07) is 12.5. The third kappa shape index (κ3) is 7.27. The molecule has 0 aliphatic heterocycles. The summed E-state index contributed by atoms with van der Waals surface area (Å²) in [5, 5.41) is 6.74. The van der Waals surface area contributed by atoms with Gasteiger partial charge in [-0.05, 0) is 43.0 Å². The van der Waals surface area contributed by atoms with Crippen molar-refractivity contribution in [2.75, 3.05) is 34.4 Å². The summed E-state index contributed by atoms with van der Waals surface area (Å²) >= 11 is 0. The second kappa shape index (κ2) is 13.2. The molecule has 0 saturated carbocycles. The number of aliphatic imine (C=N–C) groups is 1. The van der Waals surface area contributed by atoms with E-state index in [9.17, 15) is 0 Å². The Hall–Kier alpha value is -2.16. The van der Waals surface area contributed by atoms with Crippen molar-refractivity contribution in [3.05, 3.63) is 53.1 Å². The molecule has 166 valence electrons. The van der Waals surface area contributed by atoms with Crippen LogP contribution in [0.25, 0.3) is 0 Å². The van der Waals surface area contributed by atoms with Gasteiger partial charge in [-0.15, -0.1) is 24.0 Å². The van der Waals surface area contributed by atoms with E-state index >= 15 is 0 Å². The lowest BCUT2D eigenvalue weighted by molar-refractivity contribution is 0.288. The maximum absolute atomic E-state index is 5.66. The molecule has 0 radical (unpaired) electrons. The molecule has 7 heteroatoms. The molecule has 1 atom stereocenters. The lowest BCUT2D eigenvalue weighted by atomic mass is 10.0. The average Bonchev–Trinajstić information content (AvgIpc) is 2.74. The van der Waals surface area contributed by atoms with Crippen LogP contribution >= 0.6 is 24.0 Å². The minimum absolute atomic E-state index is 0. The van der Waals surface area contributed by atoms with Crippen LogP contribution in [-0.2, 0) is 6.54 Å². The Kier molecular flexibility index (Phi) is 11.4. The molecule has 0 aromatic heterocycles. The van der Waals surface area contributed by atoms with Gasteiger partial charge in [0.1, 0.15) is 0 Å².